The van der Waals surface area contributed by atoms with Crippen molar-refractivity contribution in [2.75, 3.05) is 5.32 Å². The number of aromatic carboxylic acids is 1. The van der Waals surface area contributed by atoms with Gasteiger partial charge in [-0.05, 0) is 37.6 Å². The number of amides is 1. The Morgan fingerprint density at radius 1 is 1.26 bits per heavy atom. The molecule has 0 unspecified atom stereocenters. The summed E-state index contributed by atoms with van der Waals surface area (Å²) in [6.07, 6.45) is 2.03. The van der Waals surface area contributed by atoms with Crippen molar-refractivity contribution in [3.8, 4) is 11.3 Å². The molecule has 0 saturated heterocycles. The Balaban J connectivity index is 2.23. The van der Waals surface area contributed by atoms with Gasteiger partial charge in [0.05, 0.1) is 16.6 Å². The summed E-state index contributed by atoms with van der Waals surface area (Å²) < 4.78 is 0. The number of nitrogens with one attached hydrogen (secondary N) is 2. The first-order chi connectivity index (χ1) is 12.8. The number of aryl methyl sites for hydroxylation is 2. The summed E-state index contributed by atoms with van der Waals surface area (Å²) in [6, 6.07) is 5.50. The van der Waals surface area contributed by atoms with Crippen LogP contribution >= 0.6 is 0 Å². The molecule has 3 N–H and O–H groups in total. The number of aromatic amines is 1. The lowest BCUT2D eigenvalue weighted by atomic mass is 10.0. The van der Waals surface area contributed by atoms with E-state index in [1.54, 1.807) is 13.0 Å². The first-order valence-electron chi connectivity index (χ1n) is 8.50. The lowest BCUT2D eigenvalue weighted by Crippen LogP contribution is -2.12. The molecule has 0 atom stereocenters. The predicted molar refractivity (Wildman–Crippen MR) is 104 cm³/mol. The molecular weight excluding hydrogens is 344 g/mol. The topological polar surface area (TPSA) is 108 Å². The molecule has 1 aromatic carbocycles. The van der Waals surface area contributed by atoms with Crippen molar-refractivity contribution >= 4 is 28.6 Å². The number of nitrogens with zero attached hydrogens (tertiary/aromatic N) is 2. The number of carbonyl (C=O) groups is 2. The van der Waals surface area contributed by atoms with Crippen LogP contribution < -0.4 is 5.32 Å². The molecule has 7 nitrogen and oxygen atoms in total. The lowest BCUT2D eigenvalue weighted by Gasteiger charge is -2.11. The van der Waals surface area contributed by atoms with Gasteiger partial charge in [0.1, 0.15) is 11.5 Å². The summed E-state index contributed by atoms with van der Waals surface area (Å²) in [7, 11) is 0. The number of aromatic nitrogens is 3. The van der Waals surface area contributed by atoms with Gasteiger partial charge in [0, 0.05) is 29.4 Å². The summed E-state index contributed by atoms with van der Waals surface area (Å²) in [6.45, 7) is 9.10. The van der Waals surface area contributed by atoms with E-state index in [4.69, 9.17) is 0 Å². The third-order valence-electron chi connectivity index (χ3n) is 4.12. The smallest absolute Gasteiger partial charge is 0.338 e. The molecule has 0 bridgehead atoms. The van der Waals surface area contributed by atoms with Crippen LogP contribution in [0.25, 0.3) is 22.3 Å². The number of anilines is 1. The second-order valence-electron chi connectivity index (χ2n) is 6.40. The van der Waals surface area contributed by atoms with Gasteiger partial charge in [-0.15, -0.1) is 0 Å². The van der Waals surface area contributed by atoms with Crippen molar-refractivity contribution in [2.24, 2.45) is 0 Å². The number of H-pyrrole nitrogens is 1. The van der Waals surface area contributed by atoms with E-state index < -0.39 is 5.97 Å². The summed E-state index contributed by atoms with van der Waals surface area (Å²) in [4.78, 5) is 35.5. The van der Waals surface area contributed by atoms with Crippen LogP contribution in [-0.2, 0) is 11.2 Å². The van der Waals surface area contributed by atoms with E-state index >= 15 is 0 Å². The van der Waals surface area contributed by atoms with Gasteiger partial charge in [0.25, 0.3) is 5.91 Å². The summed E-state index contributed by atoms with van der Waals surface area (Å²) in [5, 5.41) is 12.8. The van der Waals surface area contributed by atoms with Crippen molar-refractivity contribution in [1.82, 2.24) is 15.0 Å². The number of benzene rings is 1. The molecule has 27 heavy (non-hydrogen) atoms. The van der Waals surface area contributed by atoms with E-state index in [2.05, 4.69) is 26.8 Å². The molecule has 2 heterocycles. The number of carboxylic acids is 1. The fourth-order valence-electron chi connectivity index (χ4n) is 2.84. The average Bonchev–Trinajstić information content (AvgIpc) is 3.04. The van der Waals surface area contributed by atoms with Crippen LogP contribution in [0.1, 0.15) is 35.6 Å². The molecule has 0 aliphatic carbocycles. The maximum absolute atomic E-state index is 12.0. The highest BCUT2D eigenvalue weighted by Crippen LogP contribution is 2.31. The molecule has 0 radical (unpaired) electrons. The Morgan fingerprint density at radius 2 is 2.00 bits per heavy atom. The molecule has 0 aliphatic heterocycles. The molecule has 0 fully saturated rings. The predicted octanol–water partition coefficient (Wildman–Crippen LogP) is 3.71. The van der Waals surface area contributed by atoms with Gasteiger partial charge in [-0.25, -0.2) is 14.8 Å². The Labute approximate surface area is 156 Å². The molecular formula is C20H20N4O3. The van der Waals surface area contributed by atoms with Crippen LogP contribution in [0.5, 0.6) is 0 Å². The van der Waals surface area contributed by atoms with Gasteiger partial charge in [-0.3, -0.25) is 4.79 Å². The highest BCUT2D eigenvalue weighted by atomic mass is 16.4. The summed E-state index contributed by atoms with van der Waals surface area (Å²) in [5.41, 5.74) is 3.70. The molecule has 1 amide bonds. The minimum atomic E-state index is -1.06. The fraction of sp³-hybridized carbons (Fsp3) is 0.200. The Bertz CT molecular complexity index is 1080. The Hall–Kier alpha value is -3.48. The van der Waals surface area contributed by atoms with E-state index in [-0.39, 0.29) is 11.5 Å². The van der Waals surface area contributed by atoms with Crippen LogP contribution in [0.2, 0.25) is 0 Å². The fourth-order valence-corrected chi connectivity index (χ4v) is 2.84. The number of carbonyl (C=O) groups excluding carboxylic acids is 1. The standard InChI is InChI=1S/C20H20N4O3/c1-5-15-23-17(16-14(20(26)27)9-21-18(16)24-15)12-6-11(4)7-13(8-12)22-19(25)10(2)3/h6-9H,2,5H2,1,3-4H3,(H,22,25)(H,26,27)(H,21,23,24). The molecule has 0 spiro atoms. The first-order valence-corrected chi connectivity index (χ1v) is 8.50. The van der Waals surface area contributed by atoms with Crippen LogP contribution in [0.4, 0.5) is 5.69 Å². The number of rotatable bonds is 5. The summed E-state index contributed by atoms with van der Waals surface area (Å²) in [5.74, 6) is -0.731. The quantitative estimate of drug-likeness (QED) is 0.598. The largest absolute Gasteiger partial charge is 0.478 e. The van der Waals surface area contributed by atoms with Gasteiger partial charge in [-0.2, -0.15) is 0 Å². The van der Waals surface area contributed by atoms with E-state index in [1.165, 1.54) is 6.20 Å². The van der Waals surface area contributed by atoms with Crippen LogP contribution in [-0.4, -0.2) is 31.9 Å². The zero-order valence-corrected chi connectivity index (χ0v) is 15.4. The average molecular weight is 364 g/mol. The zero-order valence-electron chi connectivity index (χ0n) is 15.4. The minimum Gasteiger partial charge on any atom is -0.478 e. The van der Waals surface area contributed by atoms with Crippen molar-refractivity contribution in [3.05, 3.63) is 53.5 Å². The Kier molecular flexibility index (Phi) is 4.77. The Morgan fingerprint density at radius 3 is 2.63 bits per heavy atom. The molecule has 3 rings (SSSR count). The molecule has 138 valence electrons. The highest BCUT2D eigenvalue weighted by Gasteiger charge is 2.19. The maximum Gasteiger partial charge on any atom is 0.338 e. The minimum absolute atomic E-state index is 0.108. The number of carboxylic acid groups (broad SMARTS) is 1. The van der Waals surface area contributed by atoms with Crippen LogP contribution in [0.3, 0.4) is 0 Å². The van der Waals surface area contributed by atoms with Crippen LogP contribution in [0, 0.1) is 6.92 Å². The number of hydrogen-bond donors (Lipinski definition) is 3. The van der Waals surface area contributed by atoms with Gasteiger partial charge < -0.3 is 15.4 Å². The SMILES string of the molecule is C=C(C)C(=O)Nc1cc(C)cc(-c2nc(CC)nc3[nH]cc(C(=O)O)c23)c1. The van der Waals surface area contributed by atoms with Gasteiger partial charge in [0.2, 0.25) is 0 Å². The van der Waals surface area contributed by atoms with Crippen molar-refractivity contribution < 1.29 is 14.7 Å². The summed E-state index contributed by atoms with van der Waals surface area (Å²) >= 11 is 0. The first kappa shape index (κ1) is 18.3. The monoisotopic (exact) mass is 364 g/mol. The third-order valence-corrected chi connectivity index (χ3v) is 4.12. The second-order valence-corrected chi connectivity index (χ2v) is 6.40. The zero-order chi connectivity index (χ0) is 19.7. The molecule has 3 aromatic rings. The van der Waals surface area contributed by atoms with E-state index in [0.29, 0.717) is 45.8 Å². The van der Waals surface area contributed by atoms with E-state index in [9.17, 15) is 14.7 Å². The normalized spacial score (nSPS) is 10.8. The number of fused-ring (bicyclic) bond motifs is 1. The lowest BCUT2D eigenvalue weighted by molar-refractivity contribution is -0.112. The second kappa shape index (κ2) is 7.03. The van der Waals surface area contributed by atoms with Gasteiger partial charge in [0.15, 0.2) is 0 Å². The van der Waals surface area contributed by atoms with E-state index in [0.717, 1.165) is 5.56 Å². The third kappa shape index (κ3) is 3.57. The highest BCUT2D eigenvalue weighted by molar-refractivity contribution is 6.08. The molecule has 2 aromatic heterocycles. The van der Waals surface area contributed by atoms with Crippen LogP contribution in [0.15, 0.2) is 36.5 Å². The molecule has 7 heteroatoms. The number of hydrogen-bond acceptors (Lipinski definition) is 4. The molecule has 0 saturated carbocycles. The van der Waals surface area contributed by atoms with Crippen molar-refractivity contribution in [2.45, 2.75) is 27.2 Å². The van der Waals surface area contributed by atoms with Crippen molar-refractivity contribution in [1.29, 1.82) is 0 Å². The van der Waals surface area contributed by atoms with E-state index in [1.807, 2.05) is 26.0 Å². The maximum atomic E-state index is 12.0. The van der Waals surface area contributed by atoms with Gasteiger partial charge >= 0.3 is 5.97 Å². The molecule has 0 aliphatic rings. The van der Waals surface area contributed by atoms with Crippen molar-refractivity contribution in [3.63, 3.8) is 0 Å². The van der Waals surface area contributed by atoms with Gasteiger partial charge in [-0.1, -0.05) is 13.5 Å².